The van der Waals surface area contributed by atoms with Crippen LogP contribution in [0.1, 0.15) is 19.3 Å². The summed E-state index contributed by atoms with van der Waals surface area (Å²) in [6, 6.07) is 4.25. The molecule has 0 unspecified atom stereocenters. The standard InChI is InChI=1S/C11H16ClN3O3S/c12-9-5-4-8(13)7-10(9)19(17,18)15-6-2-1-3-11(14)16/h4-5,7,15H,1-3,6,13H2,(H2,14,16). The third-order valence-electron chi connectivity index (χ3n) is 2.39. The Bertz CT molecular complexity index is 560. The number of hydrogen-bond donors (Lipinski definition) is 3. The van der Waals surface area contributed by atoms with E-state index in [1.54, 1.807) is 0 Å². The number of unbranched alkanes of at least 4 members (excludes halogenated alkanes) is 1. The Kier molecular flexibility index (Phi) is 5.59. The van der Waals surface area contributed by atoms with E-state index in [0.717, 1.165) is 0 Å². The van der Waals surface area contributed by atoms with Crippen LogP contribution in [-0.2, 0) is 14.8 Å². The first-order valence-electron chi connectivity index (χ1n) is 5.66. The summed E-state index contributed by atoms with van der Waals surface area (Å²) in [5.74, 6) is -0.401. The summed E-state index contributed by atoms with van der Waals surface area (Å²) in [5, 5.41) is 0.110. The van der Waals surface area contributed by atoms with E-state index >= 15 is 0 Å². The summed E-state index contributed by atoms with van der Waals surface area (Å²) in [5.41, 5.74) is 10.8. The van der Waals surface area contributed by atoms with E-state index in [9.17, 15) is 13.2 Å². The van der Waals surface area contributed by atoms with Gasteiger partial charge < -0.3 is 11.5 Å². The highest BCUT2D eigenvalue weighted by Crippen LogP contribution is 2.23. The topological polar surface area (TPSA) is 115 Å². The molecule has 0 atom stereocenters. The fourth-order valence-corrected chi connectivity index (χ4v) is 3.04. The Labute approximate surface area is 117 Å². The van der Waals surface area contributed by atoms with Gasteiger partial charge in [0.2, 0.25) is 15.9 Å². The first-order chi connectivity index (χ1) is 8.83. The average molecular weight is 306 g/mol. The number of carbonyl (C=O) groups is 1. The van der Waals surface area contributed by atoms with E-state index < -0.39 is 15.9 Å². The third-order valence-corrected chi connectivity index (χ3v) is 4.33. The molecule has 19 heavy (non-hydrogen) atoms. The Morgan fingerprint density at radius 1 is 1.32 bits per heavy atom. The molecule has 5 N–H and O–H groups in total. The van der Waals surface area contributed by atoms with Gasteiger partial charge in [0.25, 0.3) is 0 Å². The van der Waals surface area contributed by atoms with E-state index in [0.29, 0.717) is 18.5 Å². The minimum absolute atomic E-state index is 0.0518. The maximum Gasteiger partial charge on any atom is 0.242 e. The van der Waals surface area contributed by atoms with Gasteiger partial charge in [0.15, 0.2) is 0 Å². The molecular weight excluding hydrogens is 290 g/mol. The number of nitrogens with one attached hydrogen (secondary N) is 1. The molecule has 0 aliphatic carbocycles. The van der Waals surface area contributed by atoms with Crippen LogP contribution >= 0.6 is 11.6 Å². The number of primary amides is 1. The molecule has 1 amide bonds. The average Bonchev–Trinajstić information content (AvgIpc) is 2.31. The summed E-state index contributed by atoms with van der Waals surface area (Å²) in [7, 11) is -3.69. The molecule has 0 aromatic heterocycles. The van der Waals surface area contributed by atoms with Gasteiger partial charge in [0.05, 0.1) is 5.02 Å². The Morgan fingerprint density at radius 3 is 2.63 bits per heavy atom. The van der Waals surface area contributed by atoms with Crippen LogP contribution in [0, 0.1) is 0 Å². The SMILES string of the molecule is NC(=O)CCCCNS(=O)(=O)c1cc(N)ccc1Cl. The van der Waals surface area contributed by atoms with Crippen LogP contribution in [0.5, 0.6) is 0 Å². The lowest BCUT2D eigenvalue weighted by atomic mass is 10.2. The fraction of sp³-hybridized carbons (Fsp3) is 0.364. The van der Waals surface area contributed by atoms with E-state index in [-0.39, 0.29) is 22.9 Å². The van der Waals surface area contributed by atoms with Gasteiger partial charge in [-0.05, 0) is 31.0 Å². The van der Waals surface area contributed by atoms with Gasteiger partial charge in [0.1, 0.15) is 4.90 Å². The van der Waals surface area contributed by atoms with E-state index in [1.807, 2.05) is 0 Å². The van der Waals surface area contributed by atoms with Crippen LogP contribution in [0.4, 0.5) is 5.69 Å². The molecule has 0 aliphatic rings. The minimum atomic E-state index is -3.69. The lowest BCUT2D eigenvalue weighted by molar-refractivity contribution is -0.118. The molecule has 0 spiro atoms. The molecule has 0 saturated heterocycles. The van der Waals surface area contributed by atoms with Crippen molar-refractivity contribution in [3.63, 3.8) is 0 Å². The van der Waals surface area contributed by atoms with Crippen molar-refractivity contribution in [2.45, 2.75) is 24.2 Å². The van der Waals surface area contributed by atoms with Gasteiger partial charge in [-0.25, -0.2) is 13.1 Å². The van der Waals surface area contributed by atoms with E-state index in [1.165, 1.54) is 18.2 Å². The zero-order valence-corrected chi connectivity index (χ0v) is 11.8. The molecule has 0 saturated carbocycles. The van der Waals surface area contributed by atoms with Crippen molar-refractivity contribution in [3.8, 4) is 0 Å². The second kappa shape index (κ2) is 6.74. The second-order valence-corrected chi connectivity index (χ2v) is 6.15. The van der Waals surface area contributed by atoms with E-state index in [2.05, 4.69) is 4.72 Å². The summed E-state index contributed by atoms with van der Waals surface area (Å²) >= 11 is 5.83. The number of anilines is 1. The fourth-order valence-electron chi connectivity index (χ4n) is 1.43. The molecule has 0 heterocycles. The number of amides is 1. The van der Waals surface area contributed by atoms with E-state index in [4.69, 9.17) is 23.1 Å². The first kappa shape index (κ1) is 15.7. The number of carbonyl (C=O) groups excluding carboxylic acids is 1. The van der Waals surface area contributed by atoms with Crippen LogP contribution in [0.25, 0.3) is 0 Å². The van der Waals surface area contributed by atoms with Crippen LogP contribution in [-0.4, -0.2) is 20.9 Å². The molecule has 0 radical (unpaired) electrons. The predicted octanol–water partition coefficient (Wildman–Crippen LogP) is 0.856. The number of nitrogens with two attached hydrogens (primary N) is 2. The van der Waals surface area contributed by atoms with Crippen LogP contribution in [0.15, 0.2) is 23.1 Å². The molecule has 1 aromatic carbocycles. The monoisotopic (exact) mass is 305 g/mol. The lowest BCUT2D eigenvalue weighted by Crippen LogP contribution is -2.25. The summed E-state index contributed by atoms with van der Waals surface area (Å²) < 4.78 is 26.3. The summed E-state index contributed by atoms with van der Waals surface area (Å²) in [4.78, 5) is 10.5. The number of rotatable bonds is 7. The second-order valence-electron chi connectivity index (χ2n) is 4.01. The highest BCUT2D eigenvalue weighted by Gasteiger charge is 2.17. The van der Waals surface area contributed by atoms with Crippen molar-refractivity contribution in [1.29, 1.82) is 0 Å². The maximum atomic E-state index is 12.0. The quantitative estimate of drug-likeness (QED) is 0.511. The van der Waals surface area contributed by atoms with Gasteiger partial charge in [-0.1, -0.05) is 11.6 Å². The van der Waals surface area contributed by atoms with Crippen molar-refractivity contribution in [1.82, 2.24) is 4.72 Å². The largest absolute Gasteiger partial charge is 0.399 e. The van der Waals surface area contributed by atoms with Crippen molar-refractivity contribution < 1.29 is 13.2 Å². The van der Waals surface area contributed by atoms with Gasteiger partial charge in [-0.2, -0.15) is 0 Å². The lowest BCUT2D eigenvalue weighted by Gasteiger charge is -2.08. The van der Waals surface area contributed by atoms with Gasteiger partial charge in [0, 0.05) is 18.7 Å². The highest BCUT2D eigenvalue weighted by atomic mass is 35.5. The molecule has 6 nitrogen and oxygen atoms in total. The molecule has 1 rings (SSSR count). The molecule has 0 aliphatic heterocycles. The maximum absolute atomic E-state index is 12.0. The minimum Gasteiger partial charge on any atom is -0.399 e. The Balaban J connectivity index is 2.61. The summed E-state index contributed by atoms with van der Waals surface area (Å²) in [6.45, 7) is 0.209. The Hall–Kier alpha value is -1.31. The molecule has 0 bridgehead atoms. The number of halogens is 1. The number of nitrogen functional groups attached to an aromatic ring is 1. The third kappa shape index (κ3) is 5.06. The first-order valence-corrected chi connectivity index (χ1v) is 7.52. The molecule has 0 fully saturated rings. The van der Waals surface area contributed by atoms with Gasteiger partial charge >= 0.3 is 0 Å². The number of sulfonamides is 1. The normalized spacial score (nSPS) is 11.4. The molecule has 8 heteroatoms. The van der Waals surface area contributed by atoms with Crippen molar-refractivity contribution in [2.24, 2.45) is 5.73 Å². The van der Waals surface area contributed by atoms with Gasteiger partial charge in [-0.15, -0.1) is 0 Å². The summed E-state index contributed by atoms with van der Waals surface area (Å²) in [6.07, 6.45) is 1.28. The smallest absolute Gasteiger partial charge is 0.242 e. The molecule has 1 aromatic rings. The predicted molar refractivity (Wildman–Crippen MR) is 74.1 cm³/mol. The zero-order valence-electron chi connectivity index (χ0n) is 10.2. The molecule has 106 valence electrons. The molecular formula is C11H16ClN3O3S. The van der Waals surface area contributed by atoms with Gasteiger partial charge in [-0.3, -0.25) is 4.79 Å². The highest BCUT2D eigenvalue weighted by molar-refractivity contribution is 7.89. The van der Waals surface area contributed by atoms with Crippen molar-refractivity contribution >= 4 is 33.2 Å². The van der Waals surface area contributed by atoms with Crippen LogP contribution < -0.4 is 16.2 Å². The van der Waals surface area contributed by atoms with Crippen molar-refractivity contribution in [3.05, 3.63) is 23.2 Å². The zero-order chi connectivity index (χ0) is 14.5. The number of benzene rings is 1. The number of hydrogen-bond acceptors (Lipinski definition) is 4. The Morgan fingerprint density at radius 2 is 2.00 bits per heavy atom. The van der Waals surface area contributed by atoms with Crippen LogP contribution in [0.3, 0.4) is 0 Å². The van der Waals surface area contributed by atoms with Crippen molar-refractivity contribution in [2.75, 3.05) is 12.3 Å². The van der Waals surface area contributed by atoms with Crippen LogP contribution in [0.2, 0.25) is 5.02 Å².